The number of nitrogens with zero attached hydrogens (tertiary/aromatic N) is 3. The maximum Gasteiger partial charge on any atom is 0.222 e. The normalized spacial score (nSPS) is 18.1. The first-order chi connectivity index (χ1) is 11.2. The van der Waals surface area contributed by atoms with E-state index in [0.29, 0.717) is 31.1 Å². The lowest BCUT2D eigenvalue weighted by molar-refractivity contribution is -0.139. The molecule has 1 amide bonds. The highest BCUT2D eigenvalue weighted by Crippen LogP contribution is 2.24. The number of carbonyl (C=O) groups excluding carboxylic acids is 1. The first-order valence-corrected chi connectivity index (χ1v) is 8.22. The van der Waals surface area contributed by atoms with Crippen molar-refractivity contribution in [1.82, 2.24) is 14.7 Å². The largest absolute Gasteiger partial charge is 0.370 e. The highest BCUT2D eigenvalue weighted by Gasteiger charge is 2.24. The second-order valence-electron chi connectivity index (χ2n) is 5.62. The molecule has 0 aliphatic carbocycles. The number of aromatic nitrogens is 2. The van der Waals surface area contributed by atoms with Gasteiger partial charge in [-0.1, -0.05) is 23.7 Å². The maximum absolute atomic E-state index is 12.4. The maximum atomic E-state index is 12.4. The van der Waals surface area contributed by atoms with Gasteiger partial charge < -0.3 is 9.64 Å². The van der Waals surface area contributed by atoms with Crippen molar-refractivity contribution in [2.24, 2.45) is 0 Å². The first kappa shape index (κ1) is 16.0. The molecule has 122 valence electrons. The number of carbonyl (C=O) groups is 1. The molecule has 1 atom stereocenters. The highest BCUT2D eigenvalue weighted by atomic mass is 35.5. The molecule has 2 aromatic rings. The van der Waals surface area contributed by atoms with Crippen LogP contribution in [-0.4, -0.2) is 40.3 Å². The Labute approximate surface area is 140 Å². The van der Waals surface area contributed by atoms with E-state index in [0.717, 1.165) is 18.5 Å². The lowest BCUT2D eigenvalue weighted by atomic mass is 10.1. The summed E-state index contributed by atoms with van der Waals surface area (Å²) in [5.41, 5.74) is 1.06. The molecule has 1 aliphatic rings. The van der Waals surface area contributed by atoms with Crippen molar-refractivity contribution in [1.29, 1.82) is 0 Å². The van der Waals surface area contributed by atoms with Crippen molar-refractivity contribution < 1.29 is 9.53 Å². The Morgan fingerprint density at radius 3 is 2.91 bits per heavy atom. The van der Waals surface area contributed by atoms with Gasteiger partial charge in [-0.25, -0.2) is 0 Å². The predicted octanol–water partition coefficient (Wildman–Crippen LogP) is 2.92. The zero-order valence-electron chi connectivity index (χ0n) is 12.9. The van der Waals surface area contributed by atoms with Gasteiger partial charge in [0.15, 0.2) is 0 Å². The average Bonchev–Trinajstić information content (AvgIpc) is 3.09. The minimum absolute atomic E-state index is 0.0731. The first-order valence-electron chi connectivity index (χ1n) is 7.84. The Balaban J connectivity index is 1.51. The monoisotopic (exact) mass is 333 g/mol. The molecular formula is C17H20ClN3O2. The number of morpholine rings is 1. The minimum Gasteiger partial charge on any atom is -0.370 e. The molecule has 0 saturated carbocycles. The van der Waals surface area contributed by atoms with Gasteiger partial charge in [0.05, 0.1) is 13.2 Å². The quantitative estimate of drug-likeness (QED) is 0.845. The van der Waals surface area contributed by atoms with Crippen molar-refractivity contribution >= 4 is 17.5 Å². The molecule has 1 saturated heterocycles. The van der Waals surface area contributed by atoms with E-state index < -0.39 is 0 Å². The lowest BCUT2D eigenvalue weighted by Crippen LogP contribution is -2.42. The van der Waals surface area contributed by atoms with E-state index >= 15 is 0 Å². The second-order valence-corrected chi connectivity index (χ2v) is 6.06. The topological polar surface area (TPSA) is 47.4 Å². The van der Waals surface area contributed by atoms with Crippen LogP contribution in [0.15, 0.2) is 42.7 Å². The molecule has 3 rings (SSSR count). The summed E-state index contributed by atoms with van der Waals surface area (Å²) >= 11 is 5.92. The summed E-state index contributed by atoms with van der Waals surface area (Å²) in [6.45, 7) is 2.59. The van der Waals surface area contributed by atoms with E-state index in [4.69, 9.17) is 16.3 Å². The van der Waals surface area contributed by atoms with Crippen molar-refractivity contribution in [3.05, 3.63) is 53.3 Å². The third-order valence-electron chi connectivity index (χ3n) is 4.00. The van der Waals surface area contributed by atoms with Crippen LogP contribution in [0.1, 0.15) is 24.5 Å². The van der Waals surface area contributed by atoms with Crippen LogP contribution in [0.2, 0.25) is 5.02 Å². The molecule has 1 aliphatic heterocycles. The molecule has 1 unspecified atom stereocenters. The van der Waals surface area contributed by atoms with Crippen LogP contribution in [0.4, 0.5) is 0 Å². The summed E-state index contributed by atoms with van der Waals surface area (Å²) in [7, 11) is 0. The Morgan fingerprint density at radius 1 is 1.35 bits per heavy atom. The van der Waals surface area contributed by atoms with Crippen LogP contribution in [0, 0.1) is 0 Å². The van der Waals surface area contributed by atoms with Crippen LogP contribution in [0.5, 0.6) is 0 Å². The standard InChI is InChI=1S/C17H20ClN3O2/c18-15-6-4-14(5-7-15)16-13-20(11-12-23-16)17(22)3-1-9-21-10-2-8-19-21/h2,4-8,10,16H,1,3,9,11-13H2. The van der Waals surface area contributed by atoms with Crippen LogP contribution in [-0.2, 0) is 16.1 Å². The van der Waals surface area contributed by atoms with Gasteiger partial charge >= 0.3 is 0 Å². The molecule has 1 aromatic carbocycles. The lowest BCUT2D eigenvalue weighted by Gasteiger charge is -2.33. The molecular weight excluding hydrogens is 314 g/mol. The Hall–Kier alpha value is -1.85. The Morgan fingerprint density at radius 2 is 2.17 bits per heavy atom. The van der Waals surface area contributed by atoms with Crippen LogP contribution in [0.25, 0.3) is 0 Å². The molecule has 0 N–H and O–H groups in total. The number of halogens is 1. The number of benzene rings is 1. The van der Waals surface area contributed by atoms with E-state index in [1.165, 1.54) is 0 Å². The molecule has 2 heterocycles. The van der Waals surface area contributed by atoms with Gasteiger partial charge in [-0.3, -0.25) is 9.48 Å². The molecule has 5 nitrogen and oxygen atoms in total. The minimum atomic E-state index is -0.0731. The number of hydrogen-bond acceptors (Lipinski definition) is 3. The van der Waals surface area contributed by atoms with Crippen molar-refractivity contribution in [3.8, 4) is 0 Å². The molecule has 0 radical (unpaired) electrons. The van der Waals surface area contributed by atoms with Gasteiger partial charge in [-0.05, 0) is 30.2 Å². The van der Waals surface area contributed by atoms with Gasteiger partial charge in [0.2, 0.25) is 5.91 Å². The van der Waals surface area contributed by atoms with Crippen LogP contribution in [0.3, 0.4) is 0 Å². The van der Waals surface area contributed by atoms with Gasteiger partial charge in [0.1, 0.15) is 6.10 Å². The molecule has 0 bridgehead atoms. The van der Waals surface area contributed by atoms with Crippen molar-refractivity contribution in [2.45, 2.75) is 25.5 Å². The van der Waals surface area contributed by atoms with Gasteiger partial charge in [-0.15, -0.1) is 0 Å². The second kappa shape index (κ2) is 7.62. The summed E-state index contributed by atoms with van der Waals surface area (Å²) in [6, 6.07) is 9.51. The fraction of sp³-hybridized carbons (Fsp3) is 0.412. The Kier molecular flexibility index (Phi) is 5.31. The zero-order chi connectivity index (χ0) is 16.1. The number of ether oxygens (including phenoxy) is 1. The summed E-state index contributed by atoms with van der Waals surface area (Å²) in [5, 5.41) is 4.85. The van der Waals surface area contributed by atoms with E-state index in [-0.39, 0.29) is 12.0 Å². The van der Waals surface area contributed by atoms with E-state index in [2.05, 4.69) is 5.10 Å². The van der Waals surface area contributed by atoms with Crippen LogP contribution >= 0.6 is 11.6 Å². The zero-order valence-corrected chi connectivity index (χ0v) is 13.7. The Bertz CT molecular complexity index is 628. The molecule has 1 aromatic heterocycles. The predicted molar refractivity (Wildman–Crippen MR) is 88.2 cm³/mol. The smallest absolute Gasteiger partial charge is 0.222 e. The highest BCUT2D eigenvalue weighted by molar-refractivity contribution is 6.30. The van der Waals surface area contributed by atoms with Gasteiger partial charge in [0.25, 0.3) is 0 Å². The fourth-order valence-corrected chi connectivity index (χ4v) is 2.86. The van der Waals surface area contributed by atoms with Gasteiger partial charge in [-0.2, -0.15) is 5.10 Å². The van der Waals surface area contributed by atoms with E-state index in [1.54, 1.807) is 6.20 Å². The van der Waals surface area contributed by atoms with Crippen molar-refractivity contribution in [3.63, 3.8) is 0 Å². The summed E-state index contributed by atoms with van der Waals surface area (Å²) < 4.78 is 7.65. The number of rotatable bonds is 5. The van der Waals surface area contributed by atoms with Gasteiger partial charge in [0, 0.05) is 36.9 Å². The number of hydrogen-bond donors (Lipinski definition) is 0. The number of aryl methyl sites for hydroxylation is 1. The summed E-state index contributed by atoms with van der Waals surface area (Å²) in [4.78, 5) is 14.3. The summed E-state index contributed by atoms with van der Waals surface area (Å²) in [5.74, 6) is 0.180. The fourth-order valence-electron chi connectivity index (χ4n) is 2.74. The number of amides is 1. The van der Waals surface area contributed by atoms with E-state index in [1.807, 2.05) is 46.1 Å². The summed E-state index contributed by atoms with van der Waals surface area (Å²) in [6.07, 6.45) is 4.92. The SMILES string of the molecule is O=C(CCCn1cccn1)N1CCOC(c2ccc(Cl)cc2)C1. The van der Waals surface area contributed by atoms with Crippen LogP contribution < -0.4 is 0 Å². The average molecular weight is 334 g/mol. The van der Waals surface area contributed by atoms with Crippen molar-refractivity contribution in [2.75, 3.05) is 19.7 Å². The molecule has 23 heavy (non-hydrogen) atoms. The molecule has 6 heteroatoms. The molecule has 0 spiro atoms. The third kappa shape index (κ3) is 4.33. The van der Waals surface area contributed by atoms with E-state index in [9.17, 15) is 4.79 Å². The molecule has 1 fully saturated rings. The third-order valence-corrected chi connectivity index (χ3v) is 4.25.